The molecule has 0 bridgehead atoms. The highest BCUT2D eigenvalue weighted by Gasteiger charge is 2.12. The molecule has 0 radical (unpaired) electrons. The summed E-state index contributed by atoms with van der Waals surface area (Å²) < 4.78 is 5.19. The van der Waals surface area contributed by atoms with E-state index in [1.165, 1.54) is 0 Å². The summed E-state index contributed by atoms with van der Waals surface area (Å²) in [6, 6.07) is 5.16. The van der Waals surface area contributed by atoms with Gasteiger partial charge in [-0.3, -0.25) is 4.79 Å². The van der Waals surface area contributed by atoms with Crippen LogP contribution in [0.4, 0.5) is 0 Å². The van der Waals surface area contributed by atoms with Crippen molar-refractivity contribution in [3.05, 3.63) is 28.8 Å². The second-order valence-corrected chi connectivity index (χ2v) is 4.06. The van der Waals surface area contributed by atoms with Gasteiger partial charge < -0.3 is 15.4 Å². The number of methoxy groups -OCH3 is 1. The second kappa shape index (κ2) is 6.47. The predicted molar refractivity (Wildman–Crippen MR) is 68.4 cm³/mol. The summed E-state index contributed by atoms with van der Waals surface area (Å²) in [7, 11) is 3.31. The van der Waals surface area contributed by atoms with Gasteiger partial charge in [0, 0.05) is 17.1 Å². The van der Waals surface area contributed by atoms with Gasteiger partial charge in [-0.25, -0.2) is 0 Å². The molecule has 94 valence electrons. The van der Waals surface area contributed by atoms with Crippen LogP contribution in [0.5, 0.6) is 5.75 Å². The van der Waals surface area contributed by atoms with E-state index in [1.54, 1.807) is 27.1 Å². The maximum absolute atomic E-state index is 11.6. The Morgan fingerprint density at radius 3 is 2.82 bits per heavy atom. The first-order valence-corrected chi connectivity index (χ1v) is 5.74. The molecule has 1 rings (SSSR count). The maximum atomic E-state index is 11.6. The third-order valence-corrected chi connectivity index (χ3v) is 2.92. The smallest absolute Gasteiger partial charge is 0.237 e. The van der Waals surface area contributed by atoms with E-state index in [9.17, 15) is 4.79 Å². The van der Waals surface area contributed by atoms with Gasteiger partial charge in [0.2, 0.25) is 5.91 Å². The van der Waals surface area contributed by atoms with E-state index in [0.29, 0.717) is 17.3 Å². The van der Waals surface area contributed by atoms with E-state index in [0.717, 1.165) is 5.56 Å². The van der Waals surface area contributed by atoms with Crippen LogP contribution in [0, 0.1) is 0 Å². The first-order valence-electron chi connectivity index (χ1n) is 5.36. The molecule has 0 saturated heterocycles. The van der Waals surface area contributed by atoms with Crippen molar-refractivity contribution < 1.29 is 9.53 Å². The monoisotopic (exact) mass is 256 g/mol. The van der Waals surface area contributed by atoms with E-state index < -0.39 is 0 Å². The Hall–Kier alpha value is -1.26. The van der Waals surface area contributed by atoms with Crippen LogP contribution in [0.3, 0.4) is 0 Å². The molecule has 0 aliphatic rings. The summed E-state index contributed by atoms with van der Waals surface area (Å²) in [5.74, 6) is 0.601. The molecule has 0 fully saturated rings. The highest BCUT2D eigenvalue weighted by Crippen LogP contribution is 2.25. The molecule has 0 spiro atoms. The van der Waals surface area contributed by atoms with Crippen LogP contribution in [-0.2, 0) is 11.3 Å². The van der Waals surface area contributed by atoms with Gasteiger partial charge in [0.15, 0.2) is 0 Å². The minimum Gasteiger partial charge on any atom is -0.496 e. The van der Waals surface area contributed by atoms with E-state index in [4.69, 9.17) is 16.3 Å². The third kappa shape index (κ3) is 3.61. The quantitative estimate of drug-likeness (QED) is 0.841. The maximum Gasteiger partial charge on any atom is 0.237 e. The van der Waals surface area contributed by atoms with Gasteiger partial charge in [0.05, 0.1) is 13.2 Å². The Morgan fingerprint density at radius 1 is 1.53 bits per heavy atom. The van der Waals surface area contributed by atoms with Crippen molar-refractivity contribution in [1.82, 2.24) is 10.6 Å². The lowest BCUT2D eigenvalue weighted by atomic mass is 10.2. The Morgan fingerprint density at radius 2 is 2.24 bits per heavy atom. The number of rotatable bonds is 5. The SMILES string of the molecule is CNC(C)C(=O)NCc1c(Cl)cccc1OC. The third-order valence-electron chi connectivity index (χ3n) is 2.56. The van der Waals surface area contributed by atoms with E-state index >= 15 is 0 Å². The van der Waals surface area contributed by atoms with E-state index in [1.807, 2.05) is 12.1 Å². The average molecular weight is 257 g/mol. The molecule has 1 amide bonds. The Balaban J connectivity index is 2.72. The molecule has 1 aromatic rings. The highest BCUT2D eigenvalue weighted by molar-refractivity contribution is 6.31. The number of likely N-dealkylation sites (N-methyl/N-ethyl adjacent to an activating group) is 1. The number of hydrogen-bond donors (Lipinski definition) is 2. The fraction of sp³-hybridized carbons (Fsp3) is 0.417. The predicted octanol–water partition coefficient (Wildman–Crippen LogP) is 1.57. The molecule has 2 N–H and O–H groups in total. The van der Waals surface area contributed by atoms with Crippen LogP contribution < -0.4 is 15.4 Å². The Bertz CT molecular complexity index is 396. The number of carbonyl (C=O) groups excluding carboxylic acids is 1. The number of amides is 1. The fourth-order valence-electron chi connectivity index (χ4n) is 1.36. The summed E-state index contributed by atoms with van der Waals surface area (Å²) in [6.45, 7) is 2.15. The molecule has 4 nitrogen and oxygen atoms in total. The van der Waals surface area contributed by atoms with E-state index in [2.05, 4.69) is 10.6 Å². The molecule has 0 saturated carbocycles. The van der Waals surface area contributed by atoms with Crippen molar-refractivity contribution >= 4 is 17.5 Å². The summed E-state index contributed by atoms with van der Waals surface area (Å²) in [4.78, 5) is 11.6. The molecule has 0 heterocycles. The molecule has 0 aliphatic carbocycles. The molecular weight excluding hydrogens is 240 g/mol. The van der Waals surface area contributed by atoms with Gasteiger partial charge in [0.1, 0.15) is 5.75 Å². The van der Waals surface area contributed by atoms with Crippen molar-refractivity contribution in [2.45, 2.75) is 19.5 Å². The minimum atomic E-state index is -0.233. The normalized spacial score (nSPS) is 12.0. The zero-order chi connectivity index (χ0) is 12.8. The number of halogens is 1. The molecule has 0 aromatic heterocycles. The molecular formula is C12H17ClN2O2. The summed E-state index contributed by atoms with van der Waals surface area (Å²) >= 11 is 6.06. The summed E-state index contributed by atoms with van der Waals surface area (Å²) in [5.41, 5.74) is 0.785. The lowest BCUT2D eigenvalue weighted by Gasteiger charge is -2.14. The first-order chi connectivity index (χ1) is 8.10. The lowest BCUT2D eigenvalue weighted by molar-refractivity contribution is -0.122. The highest BCUT2D eigenvalue weighted by atomic mass is 35.5. The van der Waals surface area contributed by atoms with Crippen molar-refractivity contribution in [3.63, 3.8) is 0 Å². The number of ether oxygens (including phenoxy) is 1. The van der Waals surface area contributed by atoms with Gasteiger partial charge in [-0.05, 0) is 26.1 Å². The van der Waals surface area contributed by atoms with Crippen LogP contribution >= 0.6 is 11.6 Å². The number of carbonyl (C=O) groups is 1. The van der Waals surface area contributed by atoms with Crippen LogP contribution in [0.25, 0.3) is 0 Å². The van der Waals surface area contributed by atoms with Gasteiger partial charge in [-0.1, -0.05) is 17.7 Å². The van der Waals surface area contributed by atoms with Gasteiger partial charge in [-0.15, -0.1) is 0 Å². The minimum absolute atomic E-state index is 0.0746. The standard InChI is InChI=1S/C12H17ClN2O2/c1-8(14-2)12(16)15-7-9-10(13)5-4-6-11(9)17-3/h4-6,8,14H,7H2,1-3H3,(H,15,16). The number of benzene rings is 1. The zero-order valence-corrected chi connectivity index (χ0v) is 11.0. The van der Waals surface area contributed by atoms with Crippen LogP contribution in [0.1, 0.15) is 12.5 Å². The molecule has 1 unspecified atom stereocenters. The largest absolute Gasteiger partial charge is 0.496 e. The van der Waals surface area contributed by atoms with Gasteiger partial charge in [-0.2, -0.15) is 0 Å². The second-order valence-electron chi connectivity index (χ2n) is 3.65. The summed E-state index contributed by atoms with van der Waals surface area (Å²) in [6.07, 6.45) is 0. The lowest BCUT2D eigenvalue weighted by Crippen LogP contribution is -2.40. The van der Waals surface area contributed by atoms with Crippen molar-refractivity contribution in [1.29, 1.82) is 0 Å². The van der Waals surface area contributed by atoms with Crippen LogP contribution in [-0.4, -0.2) is 26.1 Å². The topological polar surface area (TPSA) is 50.4 Å². The Labute approximate surface area is 106 Å². The Kier molecular flexibility index (Phi) is 5.25. The molecule has 1 aromatic carbocycles. The average Bonchev–Trinajstić information content (AvgIpc) is 2.35. The van der Waals surface area contributed by atoms with Crippen molar-refractivity contribution in [2.24, 2.45) is 0 Å². The molecule has 0 aliphatic heterocycles. The molecule has 1 atom stereocenters. The number of nitrogens with one attached hydrogen (secondary N) is 2. The molecule has 17 heavy (non-hydrogen) atoms. The van der Waals surface area contributed by atoms with Gasteiger partial charge in [0.25, 0.3) is 0 Å². The summed E-state index contributed by atoms with van der Waals surface area (Å²) in [5, 5.41) is 6.25. The van der Waals surface area contributed by atoms with E-state index in [-0.39, 0.29) is 11.9 Å². The fourth-order valence-corrected chi connectivity index (χ4v) is 1.59. The van der Waals surface area contributed by atoms with Crippen LogP contribution in [0.2, 0.25) is 5.02 Å². The molecule has 5 heteroatoms. The van der Waals surface area contributed by atoms with Crippen molar-refractivity contribution in [2.75, 3.05) is 14.2 Å². The van der Waals surface area contributed by atoms with Crippen LogP contribution in [0.15, 0.2) is 18.2 Å². The number of hydrogen-bond acceptors (Lipinski definition) is 3. The van der Waals surface area contributed by atoms with Crippen molar-refractivity contribution in [3.8, 4) is 5.75 Å². The zero-order valence-electron chi connectivity index (χ0n) is 10.2. The first kappa shape index (κ1) is 13.8. The van der Waals surface area contributed by atoms with Gasteiger partial charge >= 0.3 is 0 Å².